The van der Waals surface area contributed by atoms with Crippen LogP contribution in [-0.4, -0.2) is 37.0 Å². The third-order valence-electron chi connectivity index (χ3n) is 3.86. The van der Waals surface area contributed by atoms with Crippen molar-refractivity contribution < 1.29 is 13.6 Å². The van der Waals surface area contributed by atoms with Gasteiger partial charge in [-0.3, -0.25) is 4.79 Å². The summed E-state index contributed by atoms with van der Waals surface area (Å²) in [5.74, 6) is 0.287. The molecule has 0 aliphatic carbocycles. The average molecular weight is 303 g/mol. The number of halogens is 1. The molecule has 1 amide bonds. The van der Waals surface area contributed by atoms with E-state index in [2.05, 4.69) is 0 Å². The summed E-state index contributed by atoms with van der Waals surface area (Å²) >= 11 is 0. The standard InChI is InChI=1S/C16H18FN3O2/c17-14-3-1-2-4-15(14)19-5-7-20(8-6-19)16(21)12-9-13(10-18)22-11-12/h1-4,9,11H,5-8,10,18H2. The number of carbonyl (C=O) groups is 1. The SMILES string of the molecule is NCc1cc(C(=O)N2CCN(c3ccccc3F)CC2)co1. The summed E-state index contributed by atoms with van der Waals surface area (Å²) in [6.07, 6.45) is 1.44. The van der Waals surface area contributed by atoms with Gasteiger partial charge in [0.05, 0.1) is 17.8 Å². The number of nitrogens with zero attached hydrogens (tertiary/aromatic N) is 2. The van der Waals surface area contributed by atoms with Crippen LogP contribution in [0.5, 0.6) is 0 Å². The summed E-state index contributed by atoms with van der Waals surface area (Å²) in [4.78, 5) is 16.1. The van der Waals surface area contributed by atoms with Crippen molar-refractivity contribution in [2.24, 2.45) is 5.73 Å². The minimum Gasteiger partial charge on any atom is -0.467 e. The zero-order chi connectivity index (χ0) is 15.5. The lowest BCUT2D eigenvalue weighted by molar-refractivity contribution is 0.0746. The van der Waals surface area contributed by atoms with Crippen molar-refractivity contribution in [1.29, 1.82) is 0 Å². The lowest BCUT2D eigenvalue weighted by Crippen LogP contribution is -2.49. The van der Waals surface area contributed by atoms with Crippen molar-refractivity contribution in [3.8, 4) is 0 Å². The molecule has 1 fully saturated rings. The number of piperazine rings is 1. The maximum absolute atomic E-state index is 13.8. The molecule has 0 unspecified atom stereocenters. The molecule has 1 aliphatic rings. The van der Waals surface area contributed by atoms with E-state index in [1.165, 1.54) is 12.3 Å². The number of para-hydroxylation sites is 1. The van der Waals surface area contributed by atoms with Crippen molar-refractivity contribution in [2.45, 2.75) is 6.54 Å². The Morgan fingerprint density at radius 2 is 1.95 bits per heavy atom. The molecule has 5 nitrogen and oxygen atoms in total. The number of hydrogen-bond donors (Lipinski definition) is 1. The van der Waals surface area contributed by atoms with Gasteiger partial charge in [-0.1, -0.05) is 12.1 Å². The van der Waals surface area contributed by atoms with Gasteiger partial charge in [-0.2, -0.15) is 0 Å². The molecule has 0 radical (unpaired) electrons. The number of furan rings is 1. The third-order valence-corrected chi connectivity index (χ3v) is 3.86. The van der Waals surface area contributed by atoms with E-state index in [0.29, 0.717) is 43.2 Å². The second-order valence-corrected chi connectivity index (χ2v) is 5.24. The fourth-order valence-corrected chi connectivity index (χ4v) is 2.64. The van der Waals surface area contributed by atoms with Gasteiger partial charge in [0.2, 0.25) is 0 Å². The van der Waals surface area contributed by atoms with Crippen LogP contribution in [0.2, 0.25) is 0 Å². The van der Waals surface area contributed by atoms with Gasteiger partial charge in [0, 0.05) is 26.2 Å². The second kappa shape index (κ2) is 6.19. The molecule has 2 N–H and O–H groups in total. The Bertz CT molecular complexity index is 663. The lowest BCUT2D eigenvalue weighted by Gasteiger charge is -2.36. The topological polar surface area (TPSA) is 62.7 Å². The summed E-state index contributed by atoms with van der Waals surface area (Å²) in [5.41, 5.74) is 6.58. The number of nitrogens with two attached hydrogens (primary N) is 1. The van der Waals surface area contributed by atoms with Gasteiger partial charge >= 0.3 is 0 Å². The molecule has 2 heterocycles. The lowest BCUT2D eigenvalue weighted by atomic mass is 10.2. The van der Waals surface area contributed by atoms with E-state index in [1.54, 1.807) is 23.1 Å². The first kappa shape index (κ1) is 14.6. The zero-order valence-corrected chi connectivity index (χ0v) is 12.2. The molecule has 6 heteroatoms. The van der Waals surface area contributed by atoms with Crippen LogP contribution in [0.3, 0.4) is 0 Å². The normalized spacial score (nSPS) is 15.2. The third kappa shape index (κ3) is 2.82. The predicted octanol–water partition coefficient (Wildman–Crippen LogP) is 1.84. The Kier molecular flexibility index (Phi) is 4.11. The second-order valence-electron chi connectivity index (χ2n) is 5.24. The summed E-state index contributed by atoms with van der Waals surface area (Å²) in [6, 6.07) is 8.37. The van der Waals surface area contributed by atoms with E-state index in [4.69, 9.17) is 10.2 Å². The maximum Gasteiger partial charge on any atom is 0.257 e. The molecule has 1 aromatic carbocycles. The number of amides is 1. The minimum absolute atomic E-state index is 0.0726. The minimum atomic E-state index is -0.232. The van der Waals surface area contributed by atoms with Crippen molar-refractivity contribution in [3.63, 3.8) is 0 Å². The highest BCUT2D eigenvalue weighted by molar-refractivity contribution is 5.94. The van der Waals surface area contributed by atoms with E-state index in [1.807, 2.05) is 11.0 Å². The maximum atomic E-state index is 13.8. The monoisotopic (exact) mass is 303 g/mol. The fourth-order valence-electron chi connectivity index (χ4n) is 2.64. The quantitative estimate of drug-likeness (QED) is 0.940. The molecule has 0 spiro atoms. The molecule has 0 bridgehead atoms. The Hall–Kier alpha value is -2.34. The van der Waals surface area contributed by atoms with E-state index in [-0.39, 0.29) is 18.3 Å². The van der Waals surface area contributed by atoms with Crippen LogP contribution >= 0.6 is 0 Å². The Balaban J connectivity index is 1.64. The van der Waals surface area contributed by atoms with Gasteiger partial charge in [-0.15, -0.1) is 0 Å². The molecule has 1 aromatic heterocycles. The van der Waals surface area contributed by atoms with Crippen LogP contribution < -0.4 is 10.6 Å². The molecular formula is C16H18FN3O2. The van der Waals surface area contributed by atoms with Crippen LogP contribution in [0.25, 0.3) is 0 Å². The summed E-state index contributed by atoms with van der Waals surface area (Å²) in [7, 11) is 0. The molecular weight excluding hydrogens is 285 g/mol. The Morgan fingerprint density at radius 1 is 1.23 bits per heavy atom. The van der Waals surface area contributed by atoms with E-state index in [0.717, 1.165) is 0 Å². The van der Waals surface area contributed by atoms with Crippen molar-refractivity contribution in [3.05, 3.63) is 53.7 Å². The Labute approximate surface area is 128 Å². The average Bonchev–Trinajstić information content (AvgIpc) is 3.04. The van der Waals surface area contributed by atoms with E-state index in [9.17, 15) is 9.18 Å². The Morgan fingerprint density at radius 3 is 2.59 bits per heavy atom. The number of anilines is 1. The number of hydrogen-bond acceptors (Lipinski definition) is 4. The smallest absolute Gasteiger partial charge is 0.257 e. The van der Waals surface area contributed by atoms with Crippen molar-refractivity contribution >= 4 is 11.6 Å². The highest BCUT2D eigenvalue weighted by atomic mass is 19.1. The number of rotatable bonds is 3. The van der Waals surface area contributed by atoms with Crippen LogP contribution in [0, 0.1) is 5.82 Å². The van der Waals surface area contributed by atoms with E-state index < -0.39 is 0 Å². The molecule has 22 heavy (non-hydrogen) atoms. The predicted molar refractivity (Wildman–Crippen MR) is 81.1 cm³/mol. The van der Waals surface area contributed by atoms with Gasteiger partial charge < -0.3 is 20.0 Å². The summed E-state index contributed by atoms with van der Waals surface area (Å²) in [5, 5.41) is 0. The van der Waals surface area contributed by atoms with E-state index >= 15 is 0 Å². The molecule has 116 valence electrons. The molecule has 0 atom stereocenters. The van der Waals surface area contributed by atoms with Gasteiger partial charge in [0.15, 0.2) is 0 Å². The fraction of sp³-hybridized carbons (Fsp3) is 0.312. The largest absolute Gasteiger partial charge is 0.467 e. The van der Waals surface area contributed by atoms with Crippen molar-refractivity contribution in [2.75, 3.05) is 31.1 Å². The molecule has 1 aliphatic heterocycles. The van der Waals surface area contributed by atoms with Crippen molar-refractivity contribution in [1.82, 2.24) is 4.90 Å². The zero-order valence-electron chi connectivity index (χ0n) is 12.2. The highest BCUT2D eigenvalue weighted by Crippen LogP contribution is 2.21. The van der Waals surface area contributed by atoms with Gasteiger partial charge in [0.1, 0.15) is 17.8 Å². The summed E-state index contributed by atoms with van der Waals surface area (Å²) < 4.78 is 19.0. The first-order valence-electron chi connectivity index (χ1n) is 7.25. The molecule has 0 saturated carbocycles. The van der Waals surface area contributed by atoms with Crippen LogP contribution in [0.4, 0.5) is 10.1 Å². The van der Waals surface area contributed by atoms with Gasteiger partial charge in [-0.25, -0.2) is 4.39 Å². The first-order chi connectivity index (χ1) is 10.7. The number of carbonyl (C=O) groups excluding carboxylic acids is 1. The highest BCUT2D eigenvalue weighted by Gasteiger charge is 2.24. The van der Waals surface area contributed by atoms with Gasteiger partial charge in [0.25, 0.3) is 5.91 Å². The molecule has 3 rings (SSSR count). The summed E-state index contributed by atoms with van der Waals surface area (Å²) in [6.45, 7) is 2.59. The first-order valence-corrected chi connectivity index (χ1v) is 7.25. The van der Waals surface area contributed by atoms with Gasteiger partial charge in [-0.05, 0) is 18.2 Å². The van der Waals surface area contributed by atoms with Crippen LogP contribution in [0.15, 0.2) is 41.0 Å². The van der Waals surface area contributed by atoms with Crippen LogP contribution in [0.1, 0.15) is 16.1 Å². The number of benzene rings is 1. The molecule has 1 saturated heterocycles. The molecule has 2 aromatic rings. The van der Waals surface area contributed by atoms with Crippen LogP contribution in [-0.2, 0) is 6.54 Å².